The fourth-order valence-corrected chi connectivity index (χ4v) is 4.53. The van der Waals surface area contributed by atoms with E-state index in [-0.39, 0.29) is 11.2 Å². The Morgan fingerprint density at radius 3 is 2.37 bits per heavy atom. The molecule has 0 aromatic heterocycles. The second kappa shape index (κ2) is 12.9. The highest BCUT2D eigenvalue weighted by molar-refractivity contribution is 7.90. The minimum atomic E-state index is -2.94. The molecule has 2 unspecified atom stereocenters. The minimum Gasteiger partial charge on any atom is -0.493 e. The van der Waals surface area contributed by atoms with E-state index in [2.05, 4.69) is 62.5 Å². The Kier molecular flexibility index (Phi) is 10.8. The van der Waals surface area contributed by atoms with Crippen LogP contribution < -0.4 is 10.1 Å². The van der Waals surface area contributed by atoms with Crippen LogP contribution in [0.1, 0.15) is 74.3 Å². The van der Waals surface area contributed by atoms with E-state index in [4.69, 9.17) is 4.74 Å². The predicted octanol–water partition coefficient (Wildman–Crippen LogP) is 5.35. The summed E-state index contributed by atoms with van der Waals surface area (Å²) in [6, 6.07) is 13.1. The lowest BCUT2D eigenvalue weighted by Crippen LogP contribution is -2.32. The molecule has 2 rings (SSSR count). The fourth-order valence-electron chi connectivity index (χ4n) is 4.01. The first-order valence-electron chi connectivity index (χ1n) is 12.7. The molecule has 0 bridgehead atoms. The number of rotatable bonds is 14. The summed E-state index contributed by atoms with van der Waals surface area (Å²) in [5.74, 6) is 1.53. The molecule has 0 radical (unpaired) electrons. The van der Waals surface area contributed by atoms with Crippen molar-refractivity contribution >= 4 is 9.84 Å². The van der Waals surface area contributed by atoms with Crippen LogP contribution in [0.5, 0.6) is 5.75 Å². The summed E-state index contributed by atoms with van der Waals surface area (Å²) < 4.78 is 28.6. The van der Waals surface area contributed by atoms with Crippen LogP contribution in [0, 0.1) is 19.3 Å². The van der Waals surface area contributed by atoms with Gasteiger partial charge in [-0.2, -0.15) is 0 Å². The van der Waals surface area contributed by atoms with Gasteiger partial charge in [0.1, 0.15) is 15.6 Å². The van der Waals surface area contributed by atoms with E-state index >= 15 is 0 Å². The highest BCUT2D eigenvalue weighted by Gasteiger charge is 2.25. The van der Waals surface area contributed by atoms with Crippen LogP contribution in [-0.4, -0.2) is 44.8 Å². The number of hydrogen-bond donors (Lipinski definition) is 2. The molecule has 6 heteroatoms. The Bertz CT molecular complexity index is 1060. The van der Waals surface area contributed by atoms with Crippen molar-refractivity contribution in [2.75, 3.05) is 25.2 Å². The van der Waals surface area contributed by atoms with Crippen LogP contribution in [0.4, 0.5) is 0 Å². The number of sulfone groups is 1. The molecule has 35 heavy (non-hydrogen) atoms. The SMILES string of the molecule is CCC(CCc1ccc(OCC(C)(C)C(C)O)c(C)c1)c1ccc(CNCCS(C)(=O)=O)c(C)c1. The maximum absolute atomic E-state index is 11.3. The van der Waals surface area contributed by atoms with Gasteiger partial charge < -0.3 is 15.2 Å². The van der Waals surface area contributed by atoms with Crippen molar-refractivity contribution in [3.05, 3.63) is 64.2 Å². The third kappa shape index (κ3) is 9.59. The third-order valence-electron chi connectivity index (χ3n) is 7.05. The van der Waals surface area contributed by atoms with Crippen molar-refractivity contribution in [1.29, 1.82) is 0 Å². The average Bonchev–Trinajstić information content (AvgIpc) is 2.76. The molecule has 0 heterocycles. The number of aliphatic hydroxyl groups is 1. The van der Waals surface area contributed by atoms with Gasteiger partial charge in [-0.15, -0.1) is 0 Å². The zero-order valence-corrected chi connectivity index (χ0v) is 23.5. The zero-order valence-electron chi connectivity index (χ0n) is 22.6. The van der Waals surface area contributed by atoms with Crippen LogP contribution in [0.2, 0.25) is 0 Å². The van der Waals surface area contributed by atoms with E-state index < -0.39 is 15.9 Å². The predicted molar refractivity (Wildman–Crippen MR) is 146 cm³/mol. The summed E-state index contributed by atoms with van der Waals surface area (Å²) in [6.45, 7) is 13.9. The first-order chi connectivity index (χ1) is 16.3. The van der Waals surface area contributed by atoms with Crippen LogP contribution >= 0.6 is 0 Å². The molecular weight excluding hydrogens is 458 g/mol. The van der Waals surface area contributed by atoms with Crippen molar-refractivity contribution in [3.63, 3.8) is 0 Å². The molecule has 0 aliphatic heterocycles. The van der Waals surface area contributed by atoms with Crippen LogP contribution in [-0.2, 0) is 22.8 Å². The minimum absolute atomic E-state index is 0.161. The molecular formula is C29H45NO4S. The van der Waals surface area contributed by atoms with Crippen LogP contribution in [0.25, 0.3) is 0 Å². The lowest BCUT2D eigenvalue weighted by molar-refractivity contribution is 0.0282. The summed E-state index contributed by atoms with van der Waals surface area (Å²) in [5.41, 5.74) is 5.96. The quantitative estimate of drug-likeness (QED) is 0.340. The molecule has 2 N–H and O–H groups in total. The van der Waals surface area contributed by atoms with Crippen molar-refractivity contribution < 1.29 is 18.3 Å². The number of hydrogen-bond acceptors (Lipinski definition) is 5. The molecule has 0 aliphatic carbocycles. The van der Waals surface area contributed by atoms with Crippen molar-refractivity contribution in [2.24, 2.45) is 5.41 Å². The number of ether oxygens (including phenoxy) is 1. The van der Waals surface area contributed by atoms with Gasteiger partial charge in [0.05, 0.1) is 18.5 Å². The lowest BCUT2D eigenvalue weighted by Gasteiger charge is -2.28. The number of aryl methyl sites for hydroxylation is 3. The largest absolute Gasteiger partial charge is 0.493 e. The standard InChI is InChI=1S/C29H45NO4S/c1-8-25(26-12-13-27(21(2)18-26)19-30-15-16-35(7,32)33)11-9-24-10-14-28(22(3)17-24)34-20-29(5,6)23(4)31/h10,12-14,17-18,23,25,30-31H,8-9,11,15-16,19-20H2,1-7H3. The van der Waals surface area contributed by atoms with Gasteiger partial charge in [-0.3, -0.25) is 0 Å². The van der Waals surface area contributed by atoms with E-state index in [1.165, 1.54) is 28.5 Å². The van der Waals surface area contributed by atoms with Crippen molar-refractivity contribution in [2.45, 2.75) is 79.4 Å². The smallest absolute Gasteiger partial charge is 0.148 e. The van der Waals surface area contributed by atoms with E-state index in [1.807, 2.05) is 13.8 Å². The summed E-state index contributed by atoms with van der Waals surface area (Å²) in [7, 11) is -2.94. The van der Waals surface area contributed by atoms with Gasteiger partial charge >= 0.3 is 0 Å². The molecule has 0 saturated heterocycles. The average molecular weight is 504 g/mol. The maximum atomic E-state index is 11.3. The van der Waals surface area contributed by atoms with E-state index in [0.29, 0.717) is 25.6 Å². The van der Waals surface area contributed by atoms with Gasteiger partial charge in [-0.1, -0.05) is 51.1 Å². The molecule has 2 atom stereocenters. The Labute approximate surface area is 213 Å². The lowest BCUT2D eigenvalue weighted by atomic mass is 9.88. The van der Waals surface area contributed by atoms with Crippen LogP contribution in [0.15, 0.2) is 36.4 Å². The van der Waals surface area contributed by atoms with E-state index in [9.17, 15) is 13.5 Å². The second-order valence-corrected chi connectivity index (χ2v) is 12.9. The number of nitrogens with one attached hydrogen (secondary N) is 1. The third-order valence-corrected chi connectivity index (χ3v) is 7.99. The van der Waals surface area contributed by atoms with Crippen molar-refractivity contribution in [3.8, 4) is 5.75 Å². The van der Waals surface area contributed by atoms with Gasteiger partial charge in [-0.05, 0) is 79.8 Å². The summed E-state index contributed by atoms with van der Waals surface area (Å²) >= 11 is 0. The maximum Gasteiger partial charge on any atom is 0.148 e. The Hall–Kier alpha value is -1.89. The molecule has 2 aromatic carbocycles. The van der Waals surface area contributed by atoms with Gasteiger partial charge in [0.15, 0.2) is 0 Å². The fraction of sp³-hybridized carbons (Fsp3) is 0.586. The molecule has 0 aliphatic rings. The number of benzene rings is 2. The Morgan fingerprint density at radius 2 is 1.80 bits per heavy atom. The Balaban J connectivity index is 1.95. The summed E-state index contributed by atoms with van der Waals surface area (Å²) in [4.78, 5) is 0. The first kappa shape index (κ1) is 29.3. The highest BCUT2D eigenvalue weighted by atomic mass is 32.2. The normalized spacial score (nSPS) is 14.1. The molecule has 0 spiro atoms. The van der Waals surface area contributed by atoms with Gasteiger partial charge in [-0.25, -0.2) is 8.42 Å². The first-order valence-corrected chi connectivity index (χ1v) is 14.8. The van der Waals surface area contributed by atoms with E-state index in [1.54, 1.807) is 6.92 Å². The molecule has 0 saturated carbocycles. The summed E-state index contributed by atoms with van der Waals surface area (Å²) in [6.07, 6.45) is 4.01. The summed E-state index contributed by atoms with van der Waals surface area (Å²) in [5, 5.41) is 13.2. The molecule has 2 aromatic rings. The Morgan fingerprint density at radius 1 is 1.09 bits per heavy atom. The zero-order chi connectivity index (χ0) is 26.2. The monoisotopic (exact) mass is 503 g/mol. The number of aliphatic hydroxyl groups excluding tert-OH is 1. The van der Waals surface area contributed by atoms with Gasteiger partial charge in [0.25, 0.3) is 0 Å². The van der Waals surface area contributed by atoms with Gasteiger partial charge in [0, 0.05) is 24.8 Å². The second-order valence-electron chi connectivity index (χ2n) is 10.7. The topological polar surface area (TPSA) is 75.6 Å². The molecule has 5 nitrogen and oxygen atoms in total. The molecule has 196 valence electrons. The highest BCUT2D eigenvalue weighted by Crippen LogP contribution is 2.29. The van der Waals surface area contributed by atoms with E-state index in [0.717, 1.165) is 30.6 Å². The van der Waals surface area contributed by atoms with Gasteiger partial charge in [0.2, 0.25) is 0 Å². The molecule has 0 amide bonds. The van der Waals surface area contributed by atoms with Crippen LogP contribution in [0.3, 0.4) is 0 Å². The van der Waals surface area contributed by atoms with Crippen molar-refractivity contribution in [1.82, 2.24) is 5.32 Å². The molecule has 0 fully saturated rings.